The van der Waals surface area contributed by atoms with Gasteiger partial charge in [0.25, 0.3) is 11.6 Å². The molecule has 2 aromatic carbocycles. The van der Waals surface area contributed by atoms with Crippen molar-refractivity contribution in [2.24, 2.45) is 0 Å². The van der Waals surface area contributed by atoms with Crippen LogP contribution < -0.4 is 5.32 Å². The molecule has 0 bridgehead atoms. The molecule has 0 heterocycles. The van der Waals surface area contributed by atoms with Gasteiger partial charge >= 0.3 is 0 Å². The van der Waals surface area contributed by atoms with Crippen LogP contribution >= 0.6 is 27.7 Å². The van der Waals surface area contributed by atoms with Crippen molar-refractivity contribution >= 4 is 39.3 Å². The van der Waals surface area contributed by atoms with Crippen molar-refractivity contribution in [3.63, 3.8) is 0 Å². The molecular weight excluding hydrogens is 380 g/mol. The maximum absolute atomic E-state index is 12.5. The van der Waals surface area contributed by atoms with Crippen LogP contribution in [0.3, 0.4) is 0 Å². The van der Waals surface area contributed by atoms with Crippen LogP contribution in [0, 0.1) is 10.1 Å². The fourth-order valence-corrected chi connectivity index (χ4v) is 2.80. The van der Waals surface area contributed by atoms with Gasteiger partial charge < -0.3 is 5.32 Å². The summed E-state index contributed by atoms with van der Waals surface area (Å²) in [7, 11) is 0. The van der Waals surface area contributed by atoms with Crippen molar-refractivity contribution in [1.82, 2.24) is 5.32 Å². The van der Waals surface area contributed by atoms with Crippen molar-refractivity contribution in [3.8, 4) is 0 Å². The Kier molecular flexibility index (Phi) is 5.79. The average molecular weight is 395 g/mol. The first-order valence-electron chi connectivity index (χ1n) is 6.81. The predicted molar refractivity (Wildman–Crippen MR) is 94.9 cm³/mol. The monoisotopic (exact) mass is 394 g/mol. The molecule has 2 aromatic rings. The lowest BCUT2D eigenvalue weighted by Crippen LogP contribution is -2.27. The van der Waals surface area contributed by atoms with E-state index < -0.39 is 10.8 Å². The minimum atomic E-state index is -0.538. The lowest BCUT2D eigenvalue weighted by molar-refractivity contribution is -0.385. The summed E-state index contributed by atoms with van der Waals surface area (Å²) in [5, 5.41) is 13.9. The first-order valence-corrected chi connectivity index (χ1v) is 8.83. The summed E-state index contributed by atoms with van der Waals surface area (Å²) in [5.74, 6) is -0.456. The number of carbonyl (C=O) groups excluding carboxylic acids is 1. The van der Waals surface area contributed by atoms with E-state index in [2.05, 4.69) is 21.2 Å². The highest BCUT2D eigenvalue weighted by Crippen LogP contribution is 2.25. The van der Waals surface area contributed by atoms with E-state index in [9.17, 15) is 14.9 Å². The molecule has 1 unspecified atom stereocenters. The zero-order chi connectivity index (χ0) is 17.0. The predicted octanol–water partition coefficient (Wildman–Crippen LogP) is 4.57. The molecule has 120 valence electrons. The number of nitrogens with one attached hydrogen (secondary N) is 1. The van der Waals surface area contributed by atoms with Gasteiger partial charge in [-0.3, -0.25) is 14.9 Å². The molecule has 0 fully saturated rings. The zero-order valence-corrected chi connectivity index (χ0v) is 15.0. The number of hydrogen-bond acceptors (Lipinski definition) is 4. The summed E-state index contributed by atoms with van der Waals surface area (Å²) in [5.41, 5.74) is 0.805. The molecule has 7 heteroatoms. The zero-order valence-electron chi connectivity index (χ0n) is 12.6. The molecule has 0 aliphatic carbocycles. The van der Waals surface area contributed by atoms with E-state index in [1.54, 1.807) is 12.1 Å². The van der Waals surface area contributed by atoms with E-state index in [0.29, 0.717) is 0 Å². The highest BCUT2D eigenvalue weighted by atomic mass is 79.9. The van der Waals surface area contributed by atoms with E-state index in [0.717, 1.165) is 14.9 Å². The number of carbonyl (C=O) groups is 1. The fraction of sp³-hybridized carbons (Fsp3) is 0.188. The van der Waals surface area contributed by atoms with Crippen molar-refractivity contribution in [2.75, 3.05) is 6.26 Å². The second-order valence-corrected chi connectivity index (χ2v) is 6.68. The Morgan fingerprint density at radius 1 is 1.26 bits per heavy atom. The van der Waals surface area contributed by atoms with Crippen molar-refractivity contribution in [1.29, 1.82) is 0 Å². The van der Waals surface area contributed by atoms with Crippen LogP contribution in [-0.2, 0) is 0 Å². The van der Waals surface area contributed by atoms with E-state index >= 15 is 0 Å². The Bertz CT molecular complexity index is 735. The van der Waals surface area contributed by atoms with Crippen LogP contribution in [0.1, 0.15) is 28.9 Å². The van der Waals surface area contributed by atoms with Gasteiger partial charge in [0.1, 0.15) is 5.56 Å². The Morgan fingerprint density at radius 2 is 1.91 bits per heavy atom. The molecule has 0 spiro atoms. The number of halogens is 1. The van der Waals surface area contributed by atoms with E-state index in [-0.39, 0.29) is 17.3 Å². The number of benzene rings is 2. The van der Waals surface area contributed by atoms with Gasteiger partial charge in [0.05, 0.1) is 11.0 Å². The summed E-state index contributed by atoms with van der Waals surface area (Å²) in [4.78, 5) is 23.9. The Labute approximate surface area is 146 Å². The van der Waals surface area contributed by atoms with Gasteiger partial charge in [0, 0.05) is 15.4 Å². The number of nitrogens with zero attached hydrogens (tertiary/aromatic N) is 1. The molecule has 0 saturated heterocycles. The van der Waals surface area contributed by atoms with Crippen LogP contribution in [0.5, 0.6) is 0 Å². The van der Waals surface area contributed by atoms with Crippen LogP contribution in [0.15, 0.2) is 51.8 Å². The minimum Gasteiger partial charge on any atom is -0.345 e. The number of amides is 1. The third-order valence-corrected chi connectivity index (χ3v) is 4.62. The van der Waals surface area contributed by atoms with Gasteiger partial charge in [-0.25, -0.2) is 0 Å². The van der Waals surface area contributed by atoms with Gasteiger partial charge in [-0.2, -0.15) is 0 Å². The first kappa shape index (κ1) is 17.5. The topological polar surface area (TPSA) is 72.2 Å². The summed E-state index contributed by atoms with van der Waals surface area (Å²) >= 11 is 4.79. The Morgan fingerprint density at radius 3 is 2.48 bits per heavy atom. The largest absolute Gasteiger partial charge is 0.345 e. The number of nitro benzene ring substituents is 1. The lowest BCUT2D eigenvalue weighted by Gasteiger charge is -2.15. The number of hydrogen-bond donors (Lipinski definition) is 1. The van der Waals surface area contributed by atoms with Crippen molar-refractivity contribution < 1.29 is 9.72 Å². The molecule has 23 heavy (non-hydrogen) atoms. The summed E-state index contributed by atoms with van der Waals surface area (Å²) in [6.07, 6.45) is 1.85. The normalized spacial score (nSPS) is 11.8. The van der Waals surface area contributed by atoms with Crippen molar-refractivity contribution in [3.05, 3.63) is 68.2 Å². The summed E-state index contributed by atoms with van der Waals surface area (Å²) in [6.45, 7) is 1.84. The molecule has 0 aliphatic rings. The van der Waals surface area contributed by atoms with Crippen LogP contribution in [-0.4, -0.2) is 17.1 Å². The third-order valence-electron chi connectivity index (χ3n) is 3.36. The molecule has 0 radical (unpaired) electrons. The smallest absolute Gasteiger partial charge is 0.282 e. The molecule has 1 N–H and O–H groups in total. The number of rotatable bonds is 5. The molecule has 2 rings (SSSR count). The summed E-state index contributed by atoms with van der Waals surface area (Å²) < 4.78 is 0.947. The minimum absolute atomic E-state index is 0.0748. The second kappa shape index (κ2) is 7.61. The second-order valence-electron chi connectivity index (χ2n) is 4.89. The molecule has 5 nitrogen and oxygen atoms in total. The molecule has 0 aliphatic heterocycles. The van der Waals surface area contributed by atoms with Crippen LogP contribution in [0.2, 0.25) is 0 Å². The van der Waals surface area contributed by atoms with E-state index in [1.165, 1.54) is 17.8 Å². The van der Waals surface area contributed by atoms with Crippen molar-refractivity contribution in [2.45, 2.75) is 17.9 Å². The van der Waals surface area contributed by atoms with Crippen LogP contribution in [0.25, 0.3) is 0 Å². The van der Waals surface area contributed by atoms with E-state index in [4.69, 9.17) is 0 Å². The molecular formula is C16H15BrN2O3S. The molecule has 0 saturated carbocycles. The summed E-state index contributed by atoms with van der Waals surface area (Å²) in [6, 6.07) is 11.8. The quantitative estimate of drug-likeness (QED) is 0.457. The van der Waals surface area contributed by atoms with Crippen LogP contribution in [0.4, 0.5) is 5.69 Å². The SMILES string of the molecule is CSc1ccc([N+](=O)[O-])c(C(=O)NC(C)c2ccc(Br)cc2)c1. The van der Waals surface area contributed by atoms with Gasteiger partial charge in [-0.1, -0.05) is 28.1 Å². The van der Waals surface area contributed by atoms with Gasteiger partial charge in [0.2, 0.25) is 0 Å². The molecule has 1 amide bonds. The highest BCUT2D eigenvalue weighted by molar-refractivity contribution is 9.10. The Balaban J connectivity index is 2.25. The Hall–Kier alpha value is -1.86. The lowest BCUT2D eigenvalue weighted by atomic mass is 10.1. The molecule has 1 atom stereocenters. The van der Waals surface area contributed by atoms with Gasteiger partial charge in [-0.15, -0.1) is 11.8 Å². The first-order chi connectivity index (χ1) is 10.9. The number of thioether (sulfide) groups is 1. The third kappa shape index (κ3) is 4.33. The van der Waals surface area contributed by atoms with Gasteiger partial charge in [-0.05, 0) is 43.0 Å². The standard InChI is InChI=1S/C16H15BrN2O3S/c1-10(11-3-5-12(17)6-4-11)18-16(20)14-9-13(23-2)7-8-15(14)19(21)22/h3-10H,1-2H3,(H,18,20). The van der Waals surface area contributed by atoms with Gasteiger partial charge in [0.15, 0.2) is 0 Å². The maximum atomic E-state index is 12.5. The maximum Gasteiger partial charge on any atom is 0.282 e. The average Bonchev–Trinajstić information content (AvgIpc) is 2.54. The molecule has 0 aromatic heterocycles. The fourth-order valence-electron chi connectivity index (χ4n) is 2.09. The number of nitro groups is 1. The van der Waals surface area contributed by atoms with E-state index in [1.807, 2.05) is 37.4 Å². The highest BCUT2D eigenvalue weighted by Gasteiger charge is 2.22.